The van der Waals surface area contributed by atoms with Gasteiger partial charge in [0.2, 0.25) is 5.91 Å². The van der Waals surface area contributed by atoms with Gasteiger partial charge in [0.05, 0.1) is 12.2 Å². The third-order valence-corrected chi connectivity index (χ3v) is 5.09. The Hall–Kier alpha value is -1.88. The third kappa shape index (κ3) is 2.53. The molecule has 0 spiro atoms. The van der Waals surface area contributed by atoms with E-state index in [1.165, 1.54) is 25.0 Å². The zero-order chi connectivity index (χ0) is 16.0. The van der Waals surface area contributed by atoms with Crippen LogP contribution in [0.3, 0.4) is 0 Å². The van der Waals surface area contributed by atoms with Crippen LogP contribution in [0.1, 0.15) is 55.2 Å². The summed E-state index contributed by atoms with van der Waals surface area (Å²) in [5, 5.41) is 7.88. The molecule has 2 heterocycles. The van der Waals surface area contributed by atoms with Gasteiger partial charge in [-0.2, -0.15) is 5.10 Å². The standard InChI is InChI=1S/C17H17ClFN3O/c18-10-5-6-15(19)13(7-10)12-8-16(23)21-17-14(12)9-20-22(17)11-3-1-2-4-11/h5-7,9,11-12H,1-4,8H2,(H,21,23). The molecule has 0 bridgehead atoms. The number of carbonyl (C=O) groups excluding carboxylic acids is 1. The minimum Gasteiger partial charge on any atom is -0.311 e. The van der Waals surface area contributed by atoms with Crippen molar-refractivity contribution in [3.8, 4) is 0 Å². The molecule has 4 rings (SSSR count). The normalized spacial score (nSPS) is 21.3. The van der Waals surface area contributed by atoms with Crippen molar-refractivity contribution < 1.29 is 9.18 Å². The predicted molar refractivity (Wildman–Crippen MR) is 86.2 cm³/mol. The van der Waals surface area contributed by atoms with E-state index in [4.69, 9.17) is 11.6 Å². The van der Waals surface area contributed by atoms with Crippen LogP contribution in [0, 0.1) is 5.82 Å². The van der Waals surface area contributed by atoms with Crippen molar-refractivity contribution >= 4 is 23.3 Å². The molecule has 1 aliphatic carbocycles. The minimum atomic E-state index is -0.340. The van der Waals surface area contributed by atoms with E-state index >= 15 is 0 Å². The Morgan fingerprint density at radius 1 is 1.26 bits per heavy atom. The molecule has 1 unspecified atom stereocenters. The number of hydrogen-bond acceptors (Lipinski definition) is 2. The highest BCUT2D eigenvalue weighted by Gasteiger charge is 2.33. The van der Waals surface area contributed by atoms with Crippen LogP contribution >= 0.6 is 11.6 Å². The van der Waals surface area contributed by atoms with Crippen molar-refractivity contribution in [2.24, 2.45) is 0 Å². The van der Waals surface area contributed by atoms with Crippen LogP contribution in [0.2, 0.25) is 5.02 Å². The fraction of sp³-hybridized carbons (Fsp3) is 0.412. The second kappa shape index (κ2) is 5.64. The zero-order valence-corrected chi connectivity index (χ0v) is 13.3. The minimum absolute atomic E-state index is 0.110. The molecule has 1 aliphatic heterocycles. The van der Waals surface area contributed by atoms with E-state index in [1.54, 1.807) is 12.3 Å². The summed E-state index contributed by atoms with van der Waals surface area (Å²) in [6, 6.07) is 4.80. The summed E-state index contributed by atoms with van der Waals surface area (Å²) in [4.78, 5) is 12.2. The van der Waals surface area contributed by atoms with Crippen LogP contribution in [0.25, 0.3) is 0 Å². The van der Waals surface area contributed by atoms with Crippen molar-refractivity contribution in [2.45, 2.75) is 44.1 Å². The van der Waals surface area contributed by atoms with Gasteiger partial charge in [-0.25, -0.2) is 9.07 Å². The Kier molecular flexibility index (Phi) is 3.60. The van der Waals surface area contributed by atoms with E-state index in [-0.39, 0.29) is 24.1 Å². The maximum Gasteiger partial charge on any atom is 0.226 e. The molecule has 4 nitrogen and oxygen atoms in total. The van der Waals surface area contributed by atoms with Crippen molar-refractivity contribution in [1.29, 1.82) is 0 Å². The molecule has 1 aromatic carbocycles. The summed E-state index contributed by atoms with van der Waals surface area (Å²) in [7, 11) is 0. The molecule has 2 aliphatic rings. The fourth-order valence-electron chi connectivity index (χ4n) is 3.72. The van der Waals surface area contributed by atoms with Crippen LogP contribution < -0.4 is 5.32 Å². The molecule has 1 amide bonds. The Bertz CT molecular complexity index is 767. The summed E-state index contributed by atoms with van der Waals surface area (Å²) in [6.07, 6.45) is 6.47. The molecule has 1 fully saturated rings. The van der Waals surface area contributed by atoms with Gasteiger partial charge < -0.3 is 5.32 Å². The lowest BCUT2D eigenvalue weighted by atomic mass is 9.87. The van der Waals surface area contributed by atoms with Gasteiger partial charge in [0.25, 0.3) is 0 Å². The van der Waals surface area contributed by atoms with Gasteiger partial charge >= 0.3 is 0 Å². The molecule has 1 atom stereocenters. The highest BCUT2D eigenvalue weighted by Crippen LogP contribution is 2.41. The molecule has 2 aromatic rings. The molecule has 23 heavy (non-hydrogen) atoms. The third-order valence-electron chi connectivity index (χ3n) is 4.85. The summed E-state index contributed by atoms with van der Waals surface area (Å²) in [5.74, 6) is -0.0691. The molecule has 1 N–H and O–H groups in total. The number of benzene rings is 1. The molecular formula is C17H17ClFN3O. The predicted octanol–water partition coefficient (Wildman–Crippen LogP) is 4.26. The number of amides is 1. The van der Waals surface area contributed by atoms with Crippen molar-refractivity contribution in [2.75, 3.05) is 5.32 Å². The lowest BCUT2D eigenvalue weighted by Gasteiger charge is -2.25. The van der Waals surface area contributed by atoms with Crippen LogP contribution in [-0.4, -0.2) is 15.7 Å². The number of carbonyl (C=O) groups is 1. The molecule has 6 heteroatoms. The van der Waals surface area contributed by atoms with Crippen LogP contribution in [0.4, 0.5) is 10.2 Å². The van der Waals surface area contributed by atoms with Crippen molar-refractivity contribution in [3.63, 3.8) is 0 Å². The Morgan fingerprint density at radius 3 is 2.83 bits per heavy atom. The smallest absolute Gasteiger partial charge is 0.226 e. The maximum absolute atomic E-state index is 14.3. The first kappa shape index (κ1) is 14.7. The first-order chi connectivity index (χ1) is 11.1. The molecule has 120 valence electrons. The van der Waals surface area contributed by atoms with Gasteiger partial charge in [-0.05, 0) is 36.6 Å². The average molecular weight is 334 g/mol. The van der Waals surface area contributed by atoms with Gasteiger partial charge in [-0.1, -0.05) is 24.4 Å². The SMILES string of the molecule is O=C1CC(c2cc(Cl)ccc2F)c2cnn(C3CCCC3)c2N1. The van der Waals surface area contributed by atoms with Gasteiger partial charge in [0, 0.05) is 22.9 Å². The Morgan fingerprint density at radius 2 is 2.04 bits per heavy atom. The highest BCUT2D eigenvalue weighted by molar-refractivity contribution is 6.30. The van der Waals surface area contributed by atoms with Crippen molar-refractivity contribution in [3.05, 3.63) is 46.4 Å². The molecule has 0 radical (unpaired) electrons. The van der Waals surface area contributed by atoms with Crippen LogP contribution in [0.15, 0.2) is 24.4 Å². The van der Waals surface area contributed by atoms with Crippen LogP contribution in [0.5, 0.6) is 0 Å². The largest absolute Gasteiger partial charge is 0.311 e. The second-order valence-electron chi connectivity index (χ2n) is 6.30. The molecule has 0 saturated heterocycles. The summed E-state index contributed by atoms with van der Waals surface area (Å²) in [5.41, 5.74) is 1.33. The number of hydrogen-bond donors (Lipinski definition) is 1. The van der Waals surface area contributed by atoms with Gasteiger partial charge in [0.15, 0.2) is 0 Å². The molecule has 1 aromatic heterocycles. The average Bonchev–Trinajstić information content (AvgIpc) is 3.17. The van der Waals surface area contributed by atoms with E-state index in [2.05, 4.69) is 10.4 Å². The maximum atomic E-state index is 14.3. The number of nitrogens with zero attached hydrogens (tertiary/aromatic N) is 2. The zero-order valence-electron chi connectivity index (χ0n) is 12.6. The Balaban J connectivity index is 1.79. The second-order valence-corrected chi connectivity index (χ2v) is 6.74. The number of aromatic nitrogens is 2. The molecule has 1 saturated carbocycles. The molecular weight excluding hydrogens is 317 g/mol. The number of fused-ring (bicyclic) bond motifs is 1. The number of nitrogens with one attached hydrogen (secondary N) is 1. The number of rotatable bonds is 2. The van der Waals surface area contributed by atoms with Gasteiger partial charge in [0.1, 0.15) is 11.6 Å². The van der Waals surface area contributed by atoms with E-state index in [0.29, 0.717) is 16.6 Å². The summed E-state index contributed by atoms with van der Waals surface area (Å²) >= 11 is 6.02. The topological polar surface area (TPSA) is 46.9 Å². The number of halogens is 2. The monoisotopic (exact) mass is 333 g/mol. The van der Waals surface area contributed by atoms with E-state index < -0.39 is 0 Å². The summed E-state index contributed by atoms with van der Waals surface area (Å²) < 4.78 is 16.2. The van der Waals surface area contributed by atoms with E-state index in [0.717, 1.165) is 24.2 Å². The lowest BCUT2D eigenvalue weighted by molar-refractivity contribution is -0.116. The van der Waals surface area contributed by atoms with Gasteiger partial charge in [-0.15, -0.1) is 0 Å². The van der Waals surface area contributed by atoms with Crippen LogP contribution in [-0.2, 0) is 4.79 Å². The highest BCUT2D eigenvalue weighted by atomic mass is 35.5. The first-order valence-electron chi connectivity index (χ1n) is 7.95. The quantitative estimate of drug-likeness (QED) is 0.892. The van der Waals surface area contributed by atoms with E-state index in [1.807, 2.05) is 4.68 Å². The van der Waals surface area contributed by atoms with Crippen molar-refractivity contribution in [1.82, 2.24) is 9.78 Å². The summed E-state index contributed by atoms with van der Waals surface area (Å²) in [6.45, 7) is 0. The lowest BCUT2D eigenvalue weighted by Crippen LogP contribution is -2.26. The van der Waals surface area contributed by atoms with E-state index in [9.17, 15) is 9.18 Å². The fourth-order valence-corrected chi connectivity index (χ4v) is 3.90. The first-order valence-corrected chi connectivity index (χ1v) is 8.33. The van der Waals surface area contributed by atoms with Gasteiger partial charge in [-0.3, -0.25) is 4.79 Å². The number of anilines is 1. The Labute approximate surface area is 138 Å².